The summed E-state index contributed by atoms with van der Waals surface area (Å²) in [5.74, 6) is 1.17. The van der Waals surface area contributed by atoms with Crippen LogP contribution in [0.25, 0.3) is 10.2 Å². The van der Waals surface area contributed by atoms with E-state index in [1.54, 1.807) is 39.3 Å². The van der Waals surface area contributed by atoms with Gasteiger partial charge in [-0.05, 0) is 30.0 Å². The maximum absolute atomic E-state index is 13.2. The molecule has 2 aromatic carbocycles. The Balaban J connectivity index is 1.86. The van der Waals surface area contributed by atoms with E-state index in [0.29, 0.717) is 40.2 Å². The number of methoxy groups -OCH3 is 2. The molecule has 0 saturated carbocycles. The number of amides is 1. The molecule has 184 valence electrons. The van der Waals surface area contributed by atoms with E-state index < -0.39 is 15.9 Å². The maximum Gasteiger partial charge on any atom is 0.259 e. The van der Waals surface area contributed by atoms with Crippen molar-refractivity contribution < 1.29 is 27.4 Å². The quantitative estimate of drug-likeness (QED) is 0.396. The second-order valence-electron chi connectivity index (χ2n) is 8.09. The largest absolute Gasteiger partial charge is 0.493 e. The van der Waals surface area contributed by atoms with Crippen LogP contribution in [0.3, 0.4) is 0 Å². The fourth-order valence-electron chi connectivity index (χ4n) is 3.24. The molecule has 0 radical (unpaired) electrons. The van der Waals surface area contributed by atoms with Crippen LogP contribution in [-0.4, -0.2) is 45.9 Å². The number of hydrogen-bond acceptors (Lipinski definition) is 8. The Kier molecular flexibility index (Phi) is 8.51. The van der Waals surface area contributed by atoms with Crippen LogP contribution in [0, 0.1) is 5.92 Å². The Hall–Kier alpha value is -2.69. The van der Waals surface area contributed by atoms with Crippen molar-refractivity contribution in [3.8, 4) is 11.5 Å². The van der Waals surface area contributed by atoms with E-state index in [1.807, 2.05) is 6.07 Å². The first kappa shape index (κ1) is 25.9. The summed E-state index contributed by atoms with van der Waals surface area (Å²) in [5, 5.41) is 3.26. The van der Waals surface area contributed by atoms with Gasteiger partial charge in [0.1, 0.15) is 0 Å². The van der Waals surface area contributed by atoms with Crippen molar-refractivity contribution in [2.24, 2.45) is 5.92 Å². The highest BCUT2D eigenvalue weighted by atomic mass is 32.2. The van der Waals surface area contributed by atoms with Crippen molar-refractivity contribution in [2.45, 2.75) is 38.2 Å². The Morgan fingerprint density at radius 2 is 1.74 bits per heavy atom. The normalized spacial score (nSPS) is 12.6. The SMILES string of the molecule is CCS(=O)(=O)c1ccc(C(OCCC(C)C)C(=O)Nc2nc3cc(OC)c(OC)cc3s2)cc1. The van der Waals surface area contributed by atoms with Gasteiger partial charge in [-0.3, -0.25) is 10.1 Å². The van der Waals surface area contributed by atoms with Crippen molar-refractivity contribution in [2.75, 3.05) is 31.9 Å². The zero-order valence-electron chi connectivity index (χ0n) is 20.0. The van der Waals surface area contributed by atoms with Gasteiger partial charge in [0.05, 0.1) is 35.1 Å². The molecule has 0 bridgehead atoms. The minimum Gasteiger partial charge on any atom is -0.493 e. The molecular weight excluding hydrogens is 476 g/mol. The van der Waals surface area contributed by atoms with E-state index in [4.69, 9.17) is 14.2 Å². The lowest BCUT2D eigenvalue weighted by atomic mass is 10.1. The molecule has 1 N–H and O–H groups in total. The summed E-state index contributed by atoms with van der Waals surface area (Å²) in [4.78, 5) is 17.9. The van der Waals surface area contributed by atoms with Crippen LogP contribution in [-0.2, 0) is 19.4 Å². The van der Waals surface area contributed by atoms with Gasteiger partial charge < -0.3 is 14.2 Å². The lowest BCUT2D eigenvalue weighted by molar-refractivity contribution is -0.128. The molecule has 34 heavy (non-hydrogen) atoms. The van der Waals surface area contributed by atoms with Gasteiger partial charge in [-0.2, -0.15) is 0 Å². The summed E-state index contributed by atoms with van der Waals surface area (Å²) < 4.78 is 41.7. The average molecular weight is 507 g/mol. The molecule has 0 aliphatic carbocycles. The summed E-state index contributed by atoms with van der Waals surface area (Å²) in [7, 11) is -0.225. The van der Waals surface area contributed by atoms with Gasteiger partial charge in [0.15, 0.2) is 32.6 Å². The van der Waals surface area contributed by atoms with E-state index in [1.165, 1.54) is 23.5 Å². The number of carbonyl (C=O) groups excluding carboxylic acids is 1. The first-order valence-corrected chi connectivity index (χ1v) is 13.4. The molecule has 1 unspecified atom stereocenters. The Morgan fingerprint density at radius 3 is 2.32 bits per heavy atom. The first-order chi connectivity index (χ1) is 16.2. The number of thiazole rings is 1. The summed E-state index contributed by atoms with van der Waals surface area (Å²) in [5.41, 5.74) is 1.24. The van der Waals surface area contributed by atoms with Crippen LogP contribution >= 0.6 is 11.3 Å². The Bertz CT molecular complexity index is 1200. The fourth-order valence-corrected chi connectivity index (χ4v) is 5.00. The molecule has 1 atom stereocenters. The smallest absolute Gasteiger partial charge is 0.259 e. The minimum absolute atomic E-state index is 0.00826. The maximum atomic E-state index is 13.2. The molecule has 1 heterocycles. The molecule has 0 saturated heterocycles. The second-order valence-corrected chi connectivity index (χ2v) is 11.4. The van der Waals surface area contributed by atoms with Crippen molar-refractivity contribution in [1.82, 2.24) is 4.98 Å². The average Bonchev–Trinajstić information content (AvgIpc) is 3.21. The number of ether oxygens (including phenoxy) is 3. The van der Waals surface area contributed by atoms with Gasteiger partial charge in [0, 0.05) is 18.7 Å². The van der Waals surface area contributed by atoms with E-state index in [-0.39, 0.29) is 16.6 Å². The number of hydrogen-bond donors (Lipinski definition) is 1. The number of nitrogens with zero attached hydrogens (tertiary/aromatic N) is 1. The fraction of sp³-hybridized carbons (Fsp3) is 0.417. The number of benzene rings is 2. The van der Waals surface area contributed by atoms with Crippen molar-refractivity contribution in [3.05, 3.63) is 42.0 Å². The molecule has 0 aliphatic rings. The summed E-state index contributed by atoms with van der Waals surface area (Å²) in [6.07, 6.45) is -0.125. The topological polar surface area (TPSA) is 104 Å². The highest BCUT2D eigenvalue weighted by molar-refractivity contribution is 7.91. The molecule has 1 amide bonds. The summed E-state index contributed by atoms with van der Waals surface area (Å²) >= 11 is 1.31. The third kappa shape index (κ3) is 6.05. The van der Waals surface area contributed by atoms with E-state index in [0.717, 1.165) is 11.1 Å². The predicted molar refractivity (Wildman–Crippen MR) is 134 cm³/mol. The van der Waals surface area contributed by atoms with Crippen molar-refractivity contribution >= 4 is 42.4 Å². The summed E-state index contributed by atoms with van der Waals surface area (Å²) in [6, 6.07) is 9.83. The molecular formula is C24H30N2O6S2. The predicted octanol–water partition coefficient (Wildman–Crippen LogP) is 4.85. The van der Waals surface area contributed by atoms with Crippen LogP contribution < -0.4 is 14.8 Å². The molecule has 10 heteroatoms. The molecule has 0 fully saturated rings. The number of anilines is 1. The van der Waals surface area contributed by atoms with Gasteiger partial charge >= 0.3 is 0 Å². The van der Waals surface area contributed by atoms with Gasteiger partial charge in [-0.15, -0.1) is 0 Å². The molecule has 3 aromatic rings. The van der Waals surface area contributed by atoms with Crippen LogP contribution in [0.2, 0.25) is 0 Å². The van der Waals surface area contributed by atoms with Gasteiger partial charge in [0.2, 0.25) is 0 Å². The van der Waals surface area contributed by atoms with Crippen LogP contribution in [0.5, 0.6) is 11.5 Å². The summed E-state index contributed by atoms with van der Waals surface area (Å²) in [6.45, 7) is 6.13. The number of aromatic nitrogens is 1. The van der Waals surface area contributed by atoms with Gasteiger partial charge in [0.25, 0.3) is 5.91 Å². The van der Waals surface area contributed by atoms with Crippen LogP contribution in [0.1, 0.15) is 38.9 Å². The molecule has 0 aliphatic heterocycles. The van der Waals surface area contributed by atoms with E-state index in [9.17, 15) is 13.2 Å². The lowest BCUT2D eigenvalue weighted by Gasteiger charge is -2.18. The number of carbonyl (C=O) groups is 1. The lowest BCUT2D eigenvalue weighted by Crippen LogP contribution is -2.24. The first-order valence-electron chi connectivity index (χ1n) is 11.0. The third-order valence-electron chi connectivity index (χ3n) is 5.26. The molecule has 0 spiro atoms. The second kappa shape index (κ2) is 11.2. The number of fused-ring (bicyclic) bond motifs is 1. The standard InChI is InChI=1S/C24H30N2O6S2/c1-6-34(28,29)17-9-7-16(8-10-17)22(32-12-11-15(2)3)23(27)26-24-25-18-13-19(30-4)20(31-5)14-21(18)33-24/h7-10,13-15,22H,6,11-12H2,1-5H3,(H,25,26,27). The number of sulfone groups is 1. The molecule has 1 aromatic heterocycles. The number of rotatable bonds is 11. The third-order valence-corrected chi connectivity index (χ3v) is 7.95. The molecule has 3 rings (SSSR count). The van der Waals surface area contributed by atoms with Gasteiger partial charge in [-0.1, -0.05) is 44.2 Å². The van der Waals surface area contributed by atoms with Crippen molar-refractivity contribution in [1.29, 1.82) is 0 Å². The monoisotopic (exact) mass is 506 g/mol. The highest BCUT2D eigenvalue weighted by Crippen LogP contribution is 2.36. The van der Waals surface area contributed by atoms with Crippen molar-refractivity contribution in [3.63, 3.8) is 0 Å². The number of nitrogens with one attached hydrogen (secondary N) is 1. The Morgan fingerprint density at radius 1 is 1.09 bits per heavy atom. The zero-order chi connectivity index (χ0) is 24.9. The van der Waals surface area contributed by atoms with Gasteiger partial charge in [-0.25, -0.2) is 13.4 Å². The van der Waals surface area contributed by atoms with E-state index >= 15 is 0 Å². The zero-order valence-corrected chi connectivity index (χ0v) is 21.6. The van der Waals surface area contributed by atoms with Crippen LogP contribution in [0.4, 0.5) is 5.13 Å². The minimum atomic E-state index is -3.33. The van der Waals surface area contributed by atoms with E-state index in [2.05, 4.69) is 24.1 Å². The van der Waals surface area contributed by atoms with Crippen LogP contribution in [0.15, 0.2) is 41.3 Å². The Labute approximate surface area is 204 Å². The molecule has 8 nitrogen and oxygen atoms in total. The highest BCUT2D eigenvalue weighted by Gasteiger charge is 2.24.